The molecule has 1 aromatic heterocycles. The Morgan fingerprint density at radius 2 is 1.67 bits per heavy atom. The Kier molecular flexibility index (Phi) is 9.71. The number of ether oxygens (including phenoxy) is 1. The minimum atomic E-state index is -6.44. The van der Waals surface area contributed by atoms with E-state index in [1.807, 2.05) is 0 Å². The number of rotatable bonds is 10. The van der Waals surface area contributed by atoms with E-state index < -0.39 is 70.4 Å². The molecule has 2 atom stereocenters. The van der Waals surface area contributed by atoms with E-state index in [9.17, 15) is 43.5 Å². The van der Waals surface area contributed by atoms with Crippen molar-refractivity contribution in [1.82, 2.24) is 9.78 Å². The molecular formula is C27H26F8N2O4S2. The van der Waals surface area contributed by atoms with Crippen LogP contribution >= 0.6 is 11.8 Å². The number of halogens is 8. The first kappa shape index (κ1) is 33.1. The van der Waals surface area contributed by atoms with Gasteiger partial charge >= 0.3 is 21.8 Å². The van der Waals surface area contributed by atoms with Crippen LogP contribution in [0.1, 0.15) is 36.4 Å². The average Bonchev–Trinajstić information content (AvgIpc) is 3.23. The first-order valence-electron chi connectivity index (χ1n) is 12.8. The van der Waals surface area contributed by atoms with E-state index in [0.717, 1.165) is 5.56 Å². The van der Waals surface area contributed by atoms with Gasteiger partial charge in [-0.05, 0) is 41.9 Å². The Bertz CT molecular complexity index is 1490. The molecule has 16 heteroatoms. The molecule has 1 fully saturated rings. The highest BCUT2D eigenvalue weighted by molar-refractivity contribution is 7.98. The Morgan fingerprint density at radius 1 is 1.02 bits per heavy atom. The van der Waals surface area contributed by atoms with E-state index in [1.165, 1.54) is 36.0 Å². The maximum atomic E-state index is 14.6. The summed E-state index contributed by atoms with van der Waals surface area (Å²) in [6, 6.07) is 14.5. The van der Waals surface area contributed by atoms with Crippen LogP contribution in [0.5, 0.6) is 5.88 Å². The highest BCUT2D eigenvalue weighted by Crippen LogP contribution is 2.50. The lowest BCUT2D eigenvalue weighted by Crippen LogP contribution is -2.34. The number of nitrogens with zero attached hydrogens (tertiary/aromatic N) is 2. The van der Waals surface area contributed by atoms with Gasteiger partial charge in [0.25, 0.3) is 0 Å². The third-order valence-electron chi connectivity index (χ3n) is 6.86. The summed E-state index contributed by atoms with van der Waals surface area (Å²) in [5.74, 6) is -6.53. The van der Waals surface area contributed by atoms with Gasteiger partial charge in [0.1, 0.15) is 6.54 Å². The van der Waals surface area contributed by atoms with Crippen molar-refractivity contribution in [3.8, 4) is 17.0 Å². The van der Waals surface area contributed by atoms with Crippen LogP contribution in [0, 0.1) is 5.92 Å². The summed E-state index contributed by atoms with van der Waals surface area (Å²) in [7, 11) is -6.44. The van der Waals surface area contributed by atoms with Gasteiger partial charge < -0.3 is 8.92 Å². The molecule has 1 aliphatic rings. The normalized spacial score (nSPS) is 19.4. The Morgan fingerprint density at radius 3 is 2.26 bits per heavy atom. The number of aromatic nitrogens is 2. The molecule has 0 N–H and O–H groups in total. The van der Waals surface area contributed by atoms with Crippen LogP contribution in [-0.2, 0) is 28.0 Å². The van der Waals surface area contributed by atoms with Crippen molar-refractivity contribution in [3.05, 3.63) is 65.9 Å². The van der Waals surface area contributed by atoms with Crippen molar-refractivity contribution in [2.24, 2.45) is 5.92 Å². The zero-order valence-corrected chi connectivity index (χ0v) is 24.1. The molecule has 1 aliphatic carbocycles. The molecule has 0 saturated heterocycles. The van der Waals surface area contributed by atoms with Gasteiger partial charge in [-0.15, -0.1) is 11.8 Å². The van der Waals surface area contributed by atoms with Gasteiger partial charge in [0.05, 0.1) is 24.5 Å². The third-order valence-corrected chi connectivity index (χ3v) is 8.55. The monoisotopic (exact) mass is 658 g/mol. The molecule has 1 saturated carbocycles. The average molecular weight is 659 g/mol. The van der Waals surface area contributed by atoms with Crippen LogP contribution in [0.3, 0.4) is 0 Å². The van der Waals surface area contributed by atoms with Crippen LogP contribution in [-0.4, -0.2) is 48.7 Å². The standard InChI is InChI=1S/C27H26F8N2O4S2/c1-42-20-9-7-18(8-10-20)22-23(36-37(16-26(30,31)32)24(22)41-43(38,39)27(33,34)35)21-11-12-25(28,29)13-19(21)15-40-14-17-5-3-2-4-6-17/h2-10,19,21H,11-16H2,1H3/t19-,21+/m0/s1. The second kappa shape index (κ2) is 12.6. The lowest BCUT2D eigenvalue weighted by molar-refractivity contribution is -0.143. The quantitative estimate of drug-likeness (QED) is 0.0959. The molecule has 2 aromatic carbocycles. The lowest BCUT2D eigenvalue weighted by atomic mass is 9.75. The Labute approximate surface area is 246 Å². The van der Waals surface area contributed by atoms with Crippen LogP contribution in [0.15, 0.2) is 59.5 Å². The topological polar surface area (TPSA) is 70.4 Å². The molecule has 3 aromatic rings. The predicted octanol–water partition coefficient (Wildman–Crippen LogP) is 7.80. The fourth-order valence-electron chi connectivity index (χ4n) is 4.93. The van der Waals surface area contributed by atoms with E-state index in [1.54, 1.807) is 36.6 Å². The number of benzene rings is 2. The van der Waals surface area contributed by atoms with Crippen molar-refractivity contribution in [1.29, 1.82) is 0 Å². The molecule has 6 nitrogen and oxygen atoms in total. The predicted molar refractivity (Wildman–Crippen MR) is 142 cm³/mol. The minimum absolute atomic E-state index is 0.00473. The van der Waals surface area contributed by atoms with E-state index in [-0.39, 0.29) is 35.6 Å². The van der Waals surface area contributed by atoms with Gasteiger partial charge in [0, 0.05) is 23.7 Å². The van der Waals surface area contributed by atoms with E-state index in [4.69, 9.17) is 4.74 Å². The van der Waals surface area contributed by atoms with Gasteiger partial charge in [-0.3, -0.25) is 0 Å². The molecule has 0 aliphatic heterocycles. The molecule has 4 rings (SSSR count). The number of thioether (sulfide) groups is 1. The summed E-state index contributed by atoms with van der Waals surface area (Å²) in [6.07, 6.45) is -5.05. The fourth-order valence-corrected chi connectivity index (χ4v) is 5.81. The second-order valence-electron chi connectivity index (χ2n) is 10.0. The Balaban J connectivity index is 1.85. The zero-order valence-electron chi connectivity index (χ0n) is 22.5. The summed E-state index contributed by atoms with van der Waals surface area (Å²) >= 11 is 1.30. The number of alkyl halides is 8. The van der Waals surface area contributed by atoms with E-state index >= 15 is 0 Å². The highest BCUT2D eigenvalue weighted by atomic mass is 32.2. The van der Waals surface area contributed by atoms with Crippen molar-refractivity contribution in [2.75, 3.05) is 12.9 Å². The summed E-state index contributed by atoms with van der Waals surface area (Å²) in [6.45, 7) is -2.23. The first-order valence-corrected chi connectivity index (χ1v) is 15.4. The SMILES string of the molecule is CSc1ccc(-c2c([C@@H]3CCC(F)(F)C[C@H]3COCc3ccccc3)nn(CC(F)(F)F)c2OS(=O)(=O)C(F)(F)F)cc1. The summed E-state index contributed by atoms with van der Waals surface area (Å²) in [5.41, 5.74) is -6.00. The maximum Gasteiger partial charge on any atom is 0.534 e. The fraction of sp³-hybridized carbons (Fsp3) is 0.444. The molecule has 236 valence electrons. The van der Waals surface area contributed by atoms with Crippen LogP contribution < -0.4 is 4.18 Å². The van der Waals surface area contributed by atoms with Crippen LogP contribution in [0.4, 0.5) is 35.1 Å². The van der Waals surface area contributed by atoms with Gasteiger partial charge in [0.2, 0.25) is 11.8 Å². The smallest absolute Gasteiger partial charge is 0.376 e. The molecule has 0 unspecified atom stereocenters. The van der Waals surface area contributed by atoms with Crippen molar-refractivity contribution in [2.45, 2.75) is 60.8 Å². The molecule has 0 radical (unpaired) electrons. The molecule has 43 heavy (non-hydrogen) atoms. The maximum absolute atomic E-state index is 14.6. The molecule has 0 amide bonds. The largest absolute Gasteiger partial charge is 0.534 e. The third kappa shape index (κ3) is 8.20. The highest BCUT2D eigenvalue weighted by Gasteiger charge is 2.51. The van der Waals surface area contributed by atoms with Gasteiger partial charge in [-0.25, -0.2) is 13.5 Å². The van der Waals surface area contributed by atoms with Crippen LogP contribution in [0.25, 0.3) is 11.1 Å². The van der Waals surface area contributed by atoms with Crippen molar-refractivity contribution >= 4 is 21.9 Å². The lowest BCUT2D eigenvalue weighted by Gasteiger charge is -2.35. The number of hydrogen-bond acceptors (Lipinski definition) is 6. The summed E-state index contributed by atoms with van der Waals surface area (Å²) in [5, 5.41) is 3.90. The Hall–Kier alpha value is -2.85. The molecule has 0 bridgehead atoms. The minimum Gasteiger partial charge on any atom is -0.376 e. The first-order chi connectivity index (χ1) is 20.0. The molecule has 0 spiro atoms. The van der Waals surface area contributed by atoms with Crippen molar-refractivity contribution in [3.63, 3.8) is 0 Å². The summed E-state index contributed by atoms with van der Waals surface area (Å²) < 4.78 is 144. The zero-order chi connectivity index (χ0) is 31.6. The van der Waals surface area contributed by atoms with E-state index in [2.05, 4.69) is 9.28 Å². The van der Waals surface area contributed by atoms with Crippen molar-refractivity contribution < 1.29 is 52.5 Å². The van der Waals surface area contributed by atoms with Gasteiger partial charge in [-0.1, -0.05) is 42.5 Å². The molecular weight excluding hydrogens is 632 g/mol. The second-order valence-corrected chi connectivity index (χ2v) is 12.4. The number of hydrogen-bond donors (Lipinski definition) is 0. The van der Waals surface area contributed by atoms with Gasteiger partial charge in [-0.2, -0.15) is 39.9 Å². The van der Waals surface area contributed by atoms with Gasteiger partial charge in [0.15, 0.2) is 0 Å². The van der Waals surface area contributed by atoms with Crippen LogP contribution in [0.2, 0.25) is 0 Å². The van der Waals surface area contributed by atoms with E-state index in [0.29, 0.717) is 4.90 Å². The molecule has 1 heterocycles. The summed E-state index contributed by atoms with van der Waals surface area (Å²) in [4.78, 5) is 0.683.